The molecule has 1 fully saturated rings. The summed E-state index contributed by atoms with van der Waals surface area (Å²) in [6, 6.07) is 9.00. The van der Waals surface area contributed by atoms with E-state index in [1.54, 1.807) is 24.3 Å². The largest absolute Gasteiger partial charge is 0.470 e. The number of benzene rings is 2. The van der Waals surface area contributed by atoms with E-state index in [-0.39, 0.29) is 40.8 Å². The highest BCUT2D eigenvalue weighted by Gasteiger charge is 2.20. The van der Waals surface area contributed by atoms with Crippen LogP contribution in [0.3, 0.4) is 0 Å². The van der Waals surface area contributed by atoms with Gasteiger partial charge in [-0.05, 0) is 57.2 Å². The van der Waals surface area contributed by atoms with E-state index >= 15 is 0 Å². The van der Waals surface area contributed by atoms with Crippen molar-refractivity contribution in [1.29, 1.82) is 0 Å². The van der Waals surface area contributed by atoms with Crippen molar-refractivity contribution in [1.82, 2.24) is 20.2 Å². The molecule has 10 heteroatoms. The molecular weight excluding hydrogens is 464 g/mol. The smallest absolute Gasteiger partial charge is 0.258 e. The maximum Gasteiger partial charge on any atom is 0.258 e. The molecule has 3 aromatic rings. The number of carbonyl (C=O) groups is 1. The van der Waals surface area contributed by atoms with Crippen LogP contribution in [0.15, 0.2) is 42.6 Å². The Morgan fingerprint density at radius 2 is 1.97 bits per heavy atom. The SMILES string of the molecule is CN1CCC(NC(=O)c2cccc(-c3cnc(N)c(OCc4c(F)ccc(F)c4Cl)n3)c2)CC1. The minimum atomic E-state index is -0.759. The van der Waals surface area contributed by atoms with Crippen molar-refractivity contribution in [2.24, 2.45) is 0 Å². The van der Waals surface area contributed by atoms with Gasteiger partial charge in [-0.1, -0.05) is 23.7 Å². The summed E-state index contributed by atoms with van der Waals surface area (Å²) in [4.78, 5) is 23.4. The topological polar surface area (TPSA) is 93.4 Å². The van der Waals surface area contributed by atoms with E-state index < -0.39 is 11.6 Å². The van der Waals surface area contributed by atoms with E-state index in [9.17, 15) is 13.6 Å². The number of aromatic nitrogens is 2. The minimum Gasteiger partial charge on any atom is -0.470 e. The maximum atomic E-state index is 14.0. The van der Waals surface area contributed by atoms with Crippen LogP contribution in [0.1, 0.15) is 28.8 Å². The van der Waals surface area contributed by atoms with Crippen LogP contribution >= 0.6 is 11.6 Å². The monoisotopic (exact) mass is 487 g/mol. The van der Waals surface area contributed by atoms with Crippen LogP contribution in [-0.4, -0.2) is 47.0 Å². The molecule has 1 amide bonds. The number of likely N-dealkylation sites (tertiary alicyclic amines) is 1. The number of nitrogens with zero attached hydrogens (tertiary/aromatic N) is 3. The molecule has 0 unspecified atom stereocenters. The van der Waals surface area contributed by atoms with Crippen molar-refractivity contribution in [3.8, 4) is 17.1 Å². The number of amides is 1. The molecule has 0 aliphatic carbocycles. The van der Waals surface area contributed by atoms with Gasteiger partial charge in [-0.25, -0.2) is 18.7 Å². The lowest BCUT2D eigenvalue weighted by Crippen LogP contribution is -2.43. The molecular formula is C24H24ClF2N5O2. The van der Waals surface area contributed by atoms with Gasteiger partial charge < -0.3 is 20.7 Å². The third-order valence-corrected chi connectivity index (χ3v) is 6.14. The van der Waals surface area contributed by atoms with E-state index in [0.717, 1.165) is 38.1 Å². The second-order valence-electron chi connectivity index (χ2n) is 8.19. The van der Waals surface area contributed by atoms with Crippen LogP contribution in [0.5, 0.6) is 5.88 Å². The fraction of sp³-hybridized carbons (Fsp3) is 0.292. The summed E-state index contributed by atoms with van der Waals surface area (Å²) in [6.45, 7) is 1.50. The van der Waals surface area contributed by atoms with Crippen molar-refractivity contribution < 1.29 is 18.3 Å². The third kappa shape index (κ3) is 5.43. The van der Waals surface area contributed by atoms with Gasteiger partial charge in [0.25, 0.3) is 11.8 Å². The molecule has 1 saturated heterocycles. The van der Waals surface area contributed by atoms with Crippen molar-refractivity contribution >= 4 is 23.3 Å². The fourth-order valence-corrected chi connectivity index (χ4v) is 3.92. The van der Waals surface area contributed by atoms with E-state index in [1.165, 1.54) is 6.20 Å². The first-order chi connectivity index (χ1) is 16.3. The zero-order valence-electron chi connectivity index (χ0n) is 18.5. The molecule has 1 aliphatic rings. The molecule has 2 heterocycles. The summed E-state index contributed by atoms with van der Waals surface area (Å²) in [5.74, 6) is -1.71. The average molecular weight is 488 g/mol. The first-order valence-electron chi connectivity index (χ1n) is 10.8. The Hall–Kier alpha value is -3.30. The molecule has 1 aromatic heterocycles. The van der Waals surface area contributed by atoms with Crippen molar-refractivity contribution in [2.75, 3.05) is 25.9 Å². The Balaban J connectivity index is 1.50. The van der Waals surface area contributed by atoms with Crippen molar-refractivity contribution in [3.63, 3.8) is 0 Å². The molecule has 4 rings (SSSR count). The quantitative estimate of drug-likeness (QED) is 0.509. The number of hydrogen-bond donors (Lipinski definition) is 2. The van der Waals surface area contributed by atoms with Crippen LogP contribution in [-0.2, 0) is 6.61 Å². The number of rotatable bonds is 6. The molecule has 0 spiro atoms. The summed E-state index contributed by atoms with van der Waals surface area (Å²) in [5.41, 5.74) is 7.24. The summed E-state index contributed by atoms with van der Waals surface area (Å²) < 4.78 is 33.2. The lowest BCUT2D eigenvalue weighted by atomic mass is 10.0. The normalized spacial score (nSPS) is 14.7. The second-order valence-corrected chi connectivity index (χ2v) is 8.57. The highest BCUT2D eigenvalue weighted by atomic mass is 35.5. The number of hydrogen-bond acceptors (Lipinski definition) is 6. The average Bonchev–Trinajstić information content (AvgIpc) is 2.84. The molecule has 1 aliphatic heterocycles. The summed E-state index contributed by atoms with van der Waals surface area (Å²) in [5, 5.41) is 2.71. The molecule has 0 radical (unpaired) electrons. The number of ether oxygens (including phenoxy) is 1. The van der Waals surface area contributed by atoms with Gasteiger partial charge in [0.1, 0.15) is 18.2 Å². The minimum absolute atomic E-state index is 0.0205. The van der Waals surface area contributed by atoms with Crippen LogP contribution in [0.2, 0.25) is 5.02 Å². The Morgan fingerprint density at radius 1 is 1.24 bits per heavy atom. The molecule has 2 aromatic carbocycles. The van der Waals surface area contributed by atoms with Gasteiger partial charge in [0.2, 0.25) is 0 Å². The molecule has 0 saturated carbocycles. The Morgan fingerprint density at radius 3 is 2.74 bits per heavy atom. The van der Waals surface area contributed by atoms with E-state index in [4.69, 9.17) is 22.1 Å². The van der Waals surface area contributed by atoms with Gasteiger partial charge in [-0.2, -0.15) is 0 Å². The van der Waals surface area contributed by atoms with E-state index in [1.807, 2.05) is 0 Å². The number of nitrogen functional groups attached to an aromatic ring is 1. The number of piperidine rings is 1. The van der Waals surface area contributed by atoms with Gasteiger partial charge in [-0.3, -0.25) is 4.79 Å². The number of carbonyl (C=O) groups excluding carboxylic acids is 1. The van der Waals surface area contributed by atoms with E-state index in [0.29, 0.717) is 16.8 Å². The molecule has 0 bridgehead atoms. The van der Waals surface area contributed by atoms with Crippen LogP contribution in [0, 0.1) is 11.6 Å². The second kappa shape index (κ2) is 10.3. The van der Waals surface area contributed by atoms with Gasteiger partial charge in [0.05, 0.1) is 16.9 Å². The standard InChI is InChI=1S/C24H24ClF2N5O2/c1-32-9-7-16(8-10-32)30-23(33)15-4-2-3-14(11-15)20-12-29-22(28)24(31-20)34-13-17-18(26)5-6-19(27)21(17)25/h2-6,11-12,16H,7-10,13H2,1H3,(H2,28,29)(H,30,33). The van der Waals surface area contributed by atoms with Gasteiger partial charge in [0, 0.05) is 22.7 Å². The van der Waals surface area contributed by atoms with E-state index in [2.05, 4.69) is 27.2 Å². The van der Waals surface area contributed by atoms with Crippen molar-refractivity contribution in [2.45, 2.75) is 25.5 Å². The fourth-order valence-electron chi connectivity index (χ4n) is 3.71. The van der Waals surface area contributed by atoms with Crippen LogP contribution in [0.4, 0.5) is 14.6 Å². The van der Waals surface area contributed by atoms with Gasteiger partial charge in [0.15, 0.2) is 5.82 Å². The van der Waals surface area contributed by atoms with Crippen molar-refractivity contribution in [3.05, 3.63) is 70.4 Å². The molecule has 178 valence electrons. The number of nitrogens with two attached hydrogens (primary N) is 1. The predicted molar refractivity (Wildman–Crippen MR) is 126 cm³/mol. The molecule has 0 atom stereocenters. The Bertz CT molecular complexity index is 1200. The lowest BCUT2D eigenvalue weighted by Gasteiger charge is -2.29. The molecule has 3 N–H and O–H groups in total. The Labute approximate surface area is 200 Å². The molecule has 34 heavy (non-hydrogen) atoms. The number of halogens is 3. The molecule has 7 nitrogen and oxygen atoms in total. The Kier molecular flexibility index (Phi) is 7.23. The first kappa shape index (κ1) is 23.8. The third-order valence-electron chi connectivity index (χ3n) is 5.73. The summed E-state index contributed by atoms with van der Waals surface area (Å²) in [7, 11) is 2.07. The summed E-state index contributed by atoms with van der Waals surface area (Å²) >= 11 is 5.85. The number of anilines is 1. The highest BCUT2D eigenvalue weighted by molar-refractivity contribution is 6.31. The van der Waals surface area contributed by atoms with Gasteiger partial charge >= 0.3 is 0 Å². The number of nitrogens with one attached hydrogen (secondary N) is 1. The van der Waals surface area contributed by atoms with Crippen LogP contribution < -0.4 is 15.8 Å². The zero-order chi connectivity index (χ0) is 24.2. The maximum absolute atomic E-state index is 14.0. The highest BCUT2D eigenvalue weighted by Crippen LogP contribution is 2.27. The lowest BCUT2D eigenvalue weighted by molar-refractivity contribution is 0.0917. The summed E-state index contributed by atoms with van der Waals surface area (Å²) in [6.07, 6.45) is 3.26. The predicted octanol–water partition coefficient (Wildman–Crippen LogP) is 4.06. The zero-order valence-corrected chi connectivity index (χ0v) is 19.3. The van der Waals surface area contributed by atoms with Gasteiger partial charge in [-0.15, -0.1) is 0 Å². The first-order valence-corrected chi connectivity index (χ1v) is 11.2. The van der Waals surface area contributed by atoms with Crippen LogP contribution in [0.25, 0.3) is 11.3 Å².